The van der Waals surface area contributed by atoms with E-state index in [4.69, 9.17) is 4.74 Å². The molecule has 1 aliphatic carbocycles. The van der Waals surface area contributed by atoms with Crippen LogP contribution in [0.4, 0.5) is 5.69 Å². The number of carbonyl (C=O) groups excluding carboxylic acids is 1. The van der Waals surface area contributed by atoms with E-state index in [1.54, 1.807) is 7.11 Å². The summed E-state index contributed by atoms with van der Waals surface area (Å²) in [6.07, 6.45) is 7.63. The standard InChI is InChI=1S/C31H30N4O2/c1-37-23-10-13-28-25(17-23)31(30(36)32-28)18-26(31)22-9-11-24-27(33-34-29(24)16-22)12-8-20-4-6-21(7-5-20)19-35-14-2-3-15-35/h4-13,16-17,26H,2-3,14-15,18-19H2,1H3,(H,32,36)(H,33,34)/b12-8+. The monoisotopic (exact) mass is 490 g/mol. The van der Waals surface area contributed by atoms with Crippen LogP contribution in [0.5, 0.6) is 5.75 Å². The summed E-state index contributed by atoms with van der Waals surface area (Å²) < 4.78 is 5.42. The Kier molecular flexibility index (Phi) is 5.18. The molecule has 1 spiro atoms. The Hall–Kier alpha value is -3.90. The topological polar surface area (TPSA) is 70.2 Å². The van der Waals surface area contributed by atoms with Gasteiger partial charge in [-0.05, 0) is 84.9 Å². The van der Waals surface area contributed by atoms with E-state index in [1.165, 1.54) is 37.1 Å². The Bertz CT molecular complexity index is 1530. The summed E-state index contributed by atoms with van der Waals surface area (Å²) in [5, 5.41) is 11.9. The highest BCUT2D eigenvalue weighted by Gasteiger charge is 2.65. The molecule has 2 aliphatic heterocycles. The van der Waals surface area contributed by atoms with E-state index in [2.05, 4.69) is 75.0 Å². The number of fused-ring (bicyclic) bond motifs is 3. The molecule has 186 valence electrons. The van der Waals surface area contributed by atoms with Crippen LogP contribution in [0.1, 0.15) is 53.1 Å². The van der Waals surface area contributed by atoms with Crippen molar-refractivity contribution in [1.29, 1.82) is 0 Å². The fourth-order valence-electron chi connectivity index (χ4n) is 6.21. The molecule has 1 saturated heterocycles. The first-order chi connectivity index (χ1) is 18.1. The lowest BCUT2D eigenvalue weighted by Crippen LogP contribution is -2.21. The number of hydrogen-bond donors (Lipinski definition) is 2. The van der Waals surface area contributed by atoms with Crippen molar-refractivity contribution in [2.24, 2.45) is 0 Å². The first kappa shape index (κ1) is 22.3. The van der Waals surface area contributed by atoms with Crippen LogP contribution in [-0.4, -0.2) is 41.2 Å². The molecule has 0 radical (unpaired) electrons. The normalized spacial score (nSPS) is 22.7. The number of methoxy groups -OCH3 is 1. The molecular formula is C31H30N4O2. The maximum atomic E-state index is 13.0. The van der Waals surface area contributed by atoms with Crippen LogP contribution in [0.3, 0.4) is 0 Å². The van der Waals surface area contributed by atoms with Crippen LogP contribution in [0, 0.1) is 0 Å². The number of benzene rings is 3. The molecule has 0 bridgehead atoms. The zero-order chi connectivity index (χ0) is 25.0. The number of rotatable bonds is 6. The molecule has 2 N–H and O–H groups in total. The maximum absolute atomic E-state index is 13.0. The van der Waals surface area contributed by atoms with Crippen molar-refractivity contribution in [2.45, 2.75) is 37.1 Å². The van der Waals surface area contributed by atoms with Gasteiger partial charge >= 0.3 is 0 Å². The van der Waals surface area contributed by atoms with Crippen molar-refractivity contribution in [3.8, 4) is 5.75 Å². The Morgan fingerprint density at radius 3 is 2.70 bits per heavy atom. The van der Waals surface area contributed by atoms with Crippen LogP contribution < -0.4 is 10.1 Å². The third-order valence-corrected chi connectivity index (χ3v) is 8.36. The molecule has 1 amide bonds. The number of carbonyl (C=O) groups is 1. The Balaban J connectivity index is 1.10. The molecule has 3 heterocycles. The largest absolute Gasteiger partial charge is 0.497 e. The van der Waals surface area contributed by atoms with Crippen LogP contribution in [0.2, 0.25) is 0 Å². The quantitative estimate of drug-likeness (QED) is 0.363. The number of likely N-dealkylation sites (tertiary alicyclic amines) is 1. The number of nitrogens with zero attached hydrogens (tertiary/aromatic N) is 2. The zero-order valence-electron chi connectivity index (χ0n) is 21.0. The summed E-state index contributed by atoms with van der Waals surface area (Å²) >= 11 is 0. The predicted molar refractivity (Wildman–Crippen MR) is 147 cm³/mol. The molecule has 1 saturated carbocycles. The van der Waals surface area contributed by atoms with Crippen molar-refractivity contribution in [3.63, 3.8) is 0 Å². The molecular weight excluding hydrogens is 460 g/mol. The predicted octanol–water partition coefficient (Wildman–Crippen LogP) is 5.72. The van der Waals surface area contributed by atoms with E-state index in [1.807, 2.05) is 18.2 Å². The van der Waals surface area contributed by atoms with Gasteiger partial charge in [0.1, 0.15) is 5.75 Å². The Labute approximate surface area is 216 Å². The van der Waals surface area contributed by atoms with E-state index >= 15 is 0 Å². The molecule has 6 heteroatoms. The summed E-state index contributed by atoms with van der Waals surface area (Å²) in [5.41, 5.74) is 7.04. The van der Waals surface area contributed by atoms with E-state index in [0.717, 1.165) is 52.1 Å². The van der Waals surface area contributed by atoms with Gasteiger partial charge in [0, 0.05) is 23.5 Å². The van der Waals surface area contributed by atoms with E-state index in [9.17, 15) is 4.79 Å². The average molecular weight is 491 g/mol. The minimum atomic E-state index is -0.499. The number of aromatic amines is 1. The molecule has 37 heavy (non-hydrogen) atoms. The van der Waals surface area contributed by atoms with Gasteiger partial charge in [0.15, 0.2) is 0 Å². The van der Waals surface area contributed by atoms with Gasteiger partial charge in [-0.1, -0.05) is 42.5 Å². The molecule has 3 aliphatic rings. The summed E-state index contributed by atoms with van der Waals surface area (Å²) in [4.78, 5) is 15.5. The van der Waals surface area contributed by atoms with Gasteiger partial charge in [0.25, 0.3) is 0 Å². The van der Waals surface area contributed by atoms with Gasteiger partial charge in [-0.25, -0.2) is 0 Å². The van der Waals surface area contributed by atoms with E-state index < -0.39 is 5.41 Å². The second kappa shape index (κ2) is 8.60. The number of amides is 1. The van der Waals surface area contributed by atoms with Gasteiger partial charge in [0.05, 0.1) is 23.7 Å². The highest BCUT2D eigenvalue weighted by molar-refractivity contribution is 6.10. The maximum Gasteiger partial charge on any atom is 0.235 e. The molecule has 4 aromatic rings. The summed E-state index contributed by atoms with van der Waals surface area (Å²) in [6.45, 7) is 3.47. The fourth-order valence-corrected chi connectivity index (χ4v) is 6.21. The molecule has 2 fully saturated rings. The third-order valence-electron chi connectivity index (χ3n) is 8.36. The van der Waals surface area contributed by atoms with Crippen molar-refractivity contribution >= 4 is 34.6 Å². The SMILES string of the molecule is COc1ccc2c(c1)C1(CC1c1ccc3c(/C=C/c4ccc(CN5CCCC5)cc4)n[nH]c3c1)C(=O)N2. The molecule has 6 nitrogen and oxygen atoms in total. The highest BCUT2D eigenvalue weighted by atomic mass is 16.5. The Morgan fingerprint density at radius 1 is 1.05 bits per heavy atom. The van der Waals surface area contributed by atoms with Crippen LogP contribution in [-0.2, 0) is 16.8 Å². The van der Waals surface area contributed by atoms with E-state index in [-0.39, 0.29) is 11.8 Å². The first-order valence-corrected chi connectivity index (χ1v) is 13.1. The van der Waals surface area contributed by atoms with Crippen molar-refractivity contribution in [2.75, 3.05) is 25.5 Å². The van der Waals surface area contributed by atoms with Crippen molar-refractivity contribution < 1.29 is 9.53 Å². The van der Waals surface area contributed by atoms with Crippen LogP contribution in [0.15, 0.2) is 60.7 Å². The average Bonchev–Trinajstić information content (AvgIpc) is 3.16. The number of nitrogens with one attached hydrogen (secondary N) is 2. The highest BCUT2D eigenvalue weighted by Crippen LogP contribution is 2.65. The molecule has 2 unspecified atom stereocenters. The van der Waals surface area contributed by atoms with Crippen LogP contribution in [0.25, 0.3) is 23.1 Å². The summed E-state index contributed by atoms with van der Waals surface area (Å²) in [7, 11) is 1.66. The molecule has 2 atom stereocenters. The second-order valence-electron chi connectivity index (χ2n) is 10.6. The molecule has 1 aromatic heterocycles. The first-order valence-electron chi connectivity index (χ1n) is 13.1. The molecule has 7 rings (SSSR count). The number of H-pyrrole nitrogens is 1. The lowest BCUT2D eigenvalue weighted by atomic mass is 9.91. The number of ether oxygens (including phenoxy) is 1. The number of hydrogen-bond acceptors (Lipinski definition) is 4. The molecule has 3 aromatic carbocycles. The van der Waals surface area contributed by atoms with Gasteiger partial charge in [-0.3, -0.25) is 14.8 Å². The summed E-state index contributed by atoms with van der Waals surface area (Å²) in [6, 6.07) is 21.1. The lowest BCUT2D eigenvalue weighted by Gasteiger charge is -2.14. The number of anilines is 1. The van der Waals surface area contributed by atoms with E-state index in [0.29, 0.717) is 0 Å². The van der Waals surface area contributed by atoms with Gasteiger partial charge in [-0.15, -0.1) is 0 Å². The summed E-state index contributed by atoms with van der Waals surface area (Å²) in [5.74, 6) is 1.01. The lowest BCUT2D eigenvalue weighted by molar-refractivity contribution is -0.118. The minimum Gasteiger partial charge on any atom is -0.497 e. The third kappa shape index (κ3) is 3.75. The minimum absolute atomic E-state index is 0.0838. The smallest absolute Gasteiger partial charge is 0.235 e. The van der Waals surface area contributed by atoms with Crippen molar-refractivity contribution in [3.05, 3.63) is 88.6 Å². The van der Waals surface area contributed by atoms with Gasteiger partial charge in [-0.2, -0.15) is 5.10 Å². The van der Waals surface area contributed by atoms with Gasteiger partial charge < -0.3 is 10.1 Å². The fraction of sp³-hybridized carbons (Fsp3) is 0.290. The van der Waals surface area contributed by atoms with Crippen molar-refractivity contribution in [1.82, 2.24) is 15.1 Å². The van der Waals surface area contributed by atoms with Crippen LogP contribution >= 0.6 is 0 Å². The van der Waals surface area contributed by atoms with Gasteiger partial charge in [0.2, 0.25) is 5.91 Å². The number of aromatic nitrogens is 2. The Morgan fingerprint density at radius 2 is 1.89 bits per heavy atom. The zero-order valence-corrected chi connectivity index (χ0v) is 21.0. The second-order valence-corrected chi connectivity index (χ2v) is 10.6.